The van der Waals surface area contributed by atoms with E-state index >= 15 is 0 Å². The summed E-state index contributed by atoms with van der Waals surface area (Å²) in [5, 5.41) is 3.54. The Bertz CT molecular complexity index is 986. The second-order valence-electron chi connectivity index (χ2n) is 7.66. The van der Waals surface area contributed by atoms with E-state index in [1.54, 1.807) is 0 Å². The fourth-order valence-corrected chi connectivity index (χ4v) is 3.88. The number of likely N-dealkylation sites (tertiary alicyclic amines) is 1. The van der Waals surface area contributed by atoms with Crippen LogP contribution in [0.25, 0.3) is 6.08 Å². The lowest BCUT2D eigenvalue weighted by atomic mass is 10.0. The molecule has 0 unspecified atom stereocenters. The first-order chi connectivity index (χ1) is 14.8. The fourth-order valence-electron chi connectivity index (χ4n) is 3.88. The molecule has 5 nitrogen and oxygen atoms in total. The quantitative estimate of drug-likeness (QED) is 0.295. The molecule has 1 fully saturated rings. The Balaban J connectivity index is 0.00000272. The zero-order valence-corrected chi connectivity index (χ0v) is 20.3. The van der Waals surface area contributed by atoms with Gasteiger partial charge in [-0.25, -0.2) is 4.98 Å². The Hall–Kier alpha value is -2.61. The first-order valence-corrected chi connectivity index (χ1v) is 10.5. The highest BCUT2D eigenvalue weighted by atomic mass is 127. The van der Waals surface area contributed by atoms with E-state index in [4.69, 9.17) is 0 Å². The highest BCUT2D eigenvalue weighted by Gasteiger charge is 2.17. The summed E-state index contributed by atoms with van der Waals surface area (Å²) in [6, 6.07) is 19.3. The highest BCUT2D eigenvalue weighted by molar-refractivity contribution is 14.0. The summed E-state index contributed by atoms with van der Waals surface area (Å²) in [5.41, 5.74) is 5.34. The Kier molecular flexibility index (Phi) is 8.70. The topological polar surface area (TPSA) is 45.5 Å². The third-order valence-corrected chi connectivity index (χ3v) is 5.45. The molecular weight excluding hydrogens is 497 g/mol. The van der Waals surface area contributed by atoms with Gasteiger partial charge in [0.25, 0.3) is 0 Å². The van der Waals surface area contributed by atoms with Gasteiger partial charge in [-0.1, -0.05) is 66.2 Å². The van der Waals surface area contributed by atoms with Crippen LogP contribution < -0.4 is 5.32 Å². The van der Waals surface area contributed by atoms with Gasteiger partial charge in [-0.05, 0) is 29.5 Å². The Morgan fingerprint density at radius 3 is 2.55 bits per heavy atom. The van der Waals surface area contributed by atoms with E-state index in [2.05, 4.69) is 85.4 Å². The lowest BCUT2D eigenvalue weighted by Gasteiger charge is -2.31. The van der Waals surface area contributed by atoms with Crippen LogP contribution in [0.5, 0.6) is 0 Å². The van der Waals surface area contributed by atoms with Crippen LogP contribution in [0.4, 0.5) is 0 Å². The zero-order chi connectivity index (χ0) is 20.6. The molecule has 6 heteroatoms. The first-order valence-electron chi connectivity index (χ1n) is 10.5. The number of hydrogen-bond acceptors (Lipinski definition) is 2. The van der Waals surface area contributed by atoms with Crippen molar-refractivity contribution in [3.05, 3.63) is 95.6 Å². The number of rotatable bonds is 5. The Labute approximate surface area is 201 Å². The van der Waals surface area contributed by atoms with Gasteiger partial charge in [0.1, 0.15) is 0 Å². The number of hydrogen-bond donors (Lipinski definition) is 1. The van der Waals surface area contributed by atoms with E-state index in [1.165, 1.54) is 22.3 Å². The maximum Gasteiger partial charge on any atom is 0.193 e. The molecule has 4 rings (SSSR count). The lowest BCUT2D eigenvalue weighted by molar-refractivity contribution is 0.375. The molecule has 2 heterocycles. The van der Waals surface area contributed by atoms with Crippen molar-refractivity contribution in [2.75, 3.05) is 20.1 Å². The van der Waals surface area contributed by atoms with Crippen LogP contribution in [0.15, 0.2) is 83.9 Å². The molecule has 0 radical (unpaired) electrons. The molecule has 2 aromatic carbocycles. The molecule has 0 aliphatic carbocycles. The number of halogens is 1. The molecule has 0 saturated carbocycles. The zero-order valence-electron chi connectivity index (χ0n) is 17.9. The monoisotopic (exact) mass is 527 g/mol. The third-order valence-electron chi connectivity index (χ3n) is 5.45. The van der Waals surface area contributed by atoms with E-state index in [-0.39, 0.29) is 24.0 Å². The van der Waals surface area contributed by atoms with Crippen molar-refractivity contribution in [2.45, 2.75) is 25.9 Å². The molecule has 1 saturated heterocycles. The van der Waals surface area contributed by atoms with Crippen LogP contribution in [0.1, 0.15) is 29.5 Å². The summed E-state index contributed by atoms with van der Waals surface area (Å²) < 4.78 is 2.08. The molecule has 0 atom stereocenters. The van der Waals surface area contributed by atoms with Gasteiger partial charge in [-0.15, -0.1) is 24.0 Å². The van der Waals surface area contributed by atoms with Gasteiger partial charge in [0, 0.05) is 45.6 Å². The predicted octanol–water partition coefficient (Wildman–Crippen LogP) is 4.80. The third kappa shape index (κ3) is 6.69. The number of aliphatic imine (C=N–C) groups is 1. The van der Waals surface area contributed by atoms with Gasteiger partial charge in [-0.3, -0.25) is 4.99 Å². The lowest BCUT2D eigenvalue weighted by Crippen LogP contribution is -2.44. The van der Waals surface area contributed by atoms with Crippen molar-refractivity contribution in [1.29, 1.82) is 0 Å². The Morgan fingerprint density at radius 2 is 1.84 bits per heavy atom. The summed E-state index contributed by atoms with van der Waals surface area (Å²) in [5.74, 6) is 0.980. The van der Waals surface area contributed by atoms with E-state index in [0.29, 0.717) is 0 Å². The molecule has 1 aromatic heterocycles. The fraction of sp³-hybridized carbons (Fsp3) is 0.280. The first kappa shape index (κ1) is 23.1. The molecule has 1 aliphatic heterocycles. The predicted molar refractivity (Wildman–Crippen MR) is 139 cm³/mol. The molecule has 0 amide bonds. The van der Waals surface area contributed by atoms with Gasteiger partial charge in [-0.2, -0.15) is 0 Å². The SMILES string of the molecule is CN=C(NCc1cccc(Cn2ccnc2)c1)N1CCC(=Cc2ccccc2)CC1.I. The number of guanidine groups is 1. The van der Waals surface area contributed by atoms with Gasteiger partial charge < -0.3 is 14.8 Å². The number of piperidine rings is 1. The summed E-state index contributed by atoms with van der Waals surface area (Å²) >= 11 is 0. The summed E-state index contributed by atoms with van der Waals surface area (Å²) in [4.78, 5) is 11.0. The number of nitrogens with zero attached hydrogens (tertiary/aromatic N) is 4. The van der Waals surface area contributed by atoms with Crippen molar-refractivity contribution in [2.24, 2.45) is 4.99 Å². The van der Waals surface area contributed by atoms with E-state index < -0.39 is 0 Å². The molecule has 0 spiro atoms. The minimum Gasteiger partial charge on any atom is -0.352 e. The second-order valence-corrected chi connectivity index (χ2v) is 7.66. The maximum absolute atomic E-state index is 4.52. The molecule has 162 valence electrons. The molecule has 3 aromatic rings. The largest absolute Gasteiger partial charge is 0.352 e. The van der Waals surface area contributed by atoms with E-state index in [1.807, 2.05) is 25.8 Å². The maximum atomic E-state index is 4.52. The molecular formula is C25H30IN5. The van der Waals surface area contributed by atoms with Gasteiger partial charge in [0.2, 0.25) is 0 Å². The van der Waals surface area contributed by atoms with Crippen molar-refractivity contribution in [3.8, 4) is 0 Å². The minimum atomic E-state index is 0. The average molecular weight is 527 g/mol. The van der Waals surface area contributed by atoms with Crippen LogP contribution in [-0.2, 0) is 13.1 Å². The number of aromatic nitrogens is 2. The normalized spacial score (nSPS) is 14.2. The summed E-state index contributed by atoms with van der Waals surface area (Å²) in [6.07, 6.45) is 10.1. The van der Waals surface area contributed by atoms with Gasteiger partial charge in [0.15, 0.2) is 5.96 Å². The van der Waals surface area contributed by atoms with E-state index in [9.17, 15) is 0 Å². The van der Waals surface area contributed by atoms with Crippen LogP contribution in [0.3, 0.4) is 0 Å². The summed E-state index contributed by atoms with van der Waals surface area (Å²) in [6.45, 7) is 3.61. The number of benzene rings is 2. The minimum absolute atomic E-state index is 0. The Morgan fingerprint density at radius 1 is 1.06 bits per heavy atom. The van der Waals surface area contributed by atoms with Crippen LogP contribution in [0.2, 0.25) is 0 Å². The molecule has 1 N–H and O–H groups in total. The van der Waals surface area contributed by atoms with Crippen molar-refractivity contribution >= 4 is 36.0 Å². The van der Waals surface area contributed by atoms with Crippen LogP contribution in [0, 0.1) is 0 Å². The van der Waals surface area contributed by atoms with Crippen molar-refractivity contribution < 1.29 is 0 Å². The van der Waals surface area contributed by atoms with Gasteiger partial charge in [0.05, 0.1) is 6.33 Å². The standard InChI is InChI=1S/C25H29N5.HI/c1-26-25(30-13-10-22(11-14-30)16-21-6-3-2-4-7-21)28-18-23-8-5-9-24(17-23)19-29-15-12-27-20-29;/h2-9,12,15-17,20H,10-11,13-14,18-19H2,1H3,(H,26,28);1H. The average Bonchev–Trinajstić information content (AvgIpc) is 3.29. The molecule has 0 bridgehead atoms. The van der Waals surface area contributed by atoms with Crippen molar-refractivity contribution in [1.82, 2.24) is 19.8 Å². The smallest absolute Gasteiger partial charge is 0.193 e. The molecule has 1 aliphatic rings. The van der Waals surface area contributed by atoms with E-state index in [0.717, 1.165) is 45.0 Å². The highest BCUT2D eigenvalue weighted by Crippen LogP contribution is 2.19. The summed E-state index contributed by atoms with van der Waals surface area (Å²) in [7, 11) is 1.87. The van der Waals surface area contributed by atoms with Crippen LogP contribution >= 0.6 is 24.0 Å². The number of imidazole rings is 1. The van der Waals surface area contributed by atoms with Gasteiger partial charge >= 0.3 is 0 Å². The van der Waals surface area contributed by atoms with Crippen molar-refractivity contribution in [3.63, 3.8) is 0 Å². The molecule has 31 heavy (non-hydrogen) atoms. The van der Waals surface area contributed by atoms with Crippen LogP contribution in [-0.4, -0.2) is 40.5 Å². The second kappa shape index (κ2) is 11.7. The number of nitrogens with one attached hydrogen (secondary N) is 1.